The molecule has 0 aliphatic carbocycles. The number of benzene rings is 1. The van der Waals surface area contributed by atoms with Crippen LogP contribution in [0, 0.1) is 10.1 Å². The maximum absolute atomic E-state index is 11.7. The highest BCUT2D eigenvalue weighted by Crippen LogP contribution is 2.17. The molecule has 0 fully saturated rings. The Labute approximate surface area is 124 Å². The summed E-state index contributed by atoms with van der Waals surface area (Å²) in [6.07, 6.45) is 0.0238. The molecule has 1 amide bonds. The summed E-state index contributed by atoms with van der Waals surface area (Å²) in [6.45, 7) is 5.30. The lowest BCUT2D eigenvalue weighted by atomic mass is 10.1. The Morgan fingerprint density at radius 3 is 2.65 bits per heavy atom. The first-order valence-corrected chi connectivity index (χ1v) is 6.27. The molecular formula is C13H20ClN3O3. The van der Waals surface area contributed by atoms with E-state index in [2.05, 4.69) is 10.6 Å². The van der Waals surface area contributed by atoms with Gasteiger partial charge < -0.3 is 10.6 Å². The molecule has 112 valence electrons. The fourth-order valence-electron chi connectivity index (χ4n) is 1.76. The lowest BCUT2D eigenvalue weighted by Gasteiger charge is -2.13. The van der Waals surface area contributed by atoms with Gasteiger partial charge in [0.1, 0.15) is 0 Å². The number of likely N-dealkylation sites (N-methyl/N-ethyl adjacent to an activating group) is 1. The third-order valence-electron chi connectivity index (χ3n) is 2.70. The maximum atomic E-state index is 11.7. The Kier molecular flexibility index (Phi) is 8.51. The van der Waals surface area contributed by atoms with E-state index in [1.54, 1.807) is 18.2 Å². The van der Waals surface area contributed by atoms with E-state index in [9.17, 15) is 14.9 Å². The Morgan fingerprint density at radius 1 is 1.40 bits per heavy atom. The van der Waals surface area contributed by atoms with E-state index >= 15 is 0 Å². The minimum absolute atomic E-state index is 0. The number of nitro groups is 1. The van der Waals surface area contributed by atoms with E-state index in [1.807, 2.05) is 13.8 Å². The molecule has 0 saturated carbocycles. The summed E-state index contributed by atoms with van der Waals surface area (Å²) in [5.74, 6) is -0.209. The van der Waals surface area contributed by atoms with Crippen LogP contribution in [-0.2, 0) is 11.2 Å². The predicted octanol–water partition coefficient (Wildman–Crippen LogP) is 1.67. The molecule has 1 aromatic rings. The quantitative estimate of drug-likeness (QED) is 0.593. The molecule has 0 aliphatic heterocycles. The number of amides is 1. The number of rotatable bonds is 7. The van der Waals surface area contributed by atoms with E-state index < -0.39 is 4.92 Å². The number of para-hydroxylation sites is 1. The minimum Gasteiger partial charge on any atom is -0.354 e. The van der Waals surface area contributed by atoms with Crippen LogP contribution >= 0.6 is 12.4 Å². The number of nitro benzene ring substituents is 1. The van der Waals surface area contributed by atoms with Crippen LogP contribution in [0.25, 0.3) is 0 Å². The summed E-state index contributed by atoms with van der Waals surface area (Å²) in [7, 11) is 0. The van der Waals surface area contributed by atoms with Crippen LogP contribution in [0.15, 0.2) is 24.3 Å². The Morgan fingerprint density at radius 2 is 2.05 bits per heavy atom. The molecule has 0 aliphatic rings. The van der Waals surface area contributed by atoms with E-state index in [-0.39, 0.29) is 36.5 Å². The van der Waals surface area contributed by atoms with Crippen molar-refractivity contribution in [3.05, 3.63) is 39.9 Å². The van der Waals surface area contributed by atoms with Crippen LogP contribution in [0.1, 0.15) is 19.4 Å². The van der Waals surface area contributed by atoms with Gasteiger partial charge in [-0.15, -0.1) is 12.4 Å². The van der Waals surface area contributed by atoms with Gasteiger partial charge in [0.2, 0.25) is 5.91 Å². The van der Waals surface area contributed by atoms with Crippen LogP contribution in [-0.4, -0.2) is 30.0 Å². The van der Waals surface area contributed by atoms with Crippen molar-refractivity contribution in [1.29, 1.82) is 0 Å². The zero-order valence-electron chi connectivity index (χ0n) is 11.6. The lowest BCUT2D eigenvalue weighted by molar-refractivity contribution is -0.385. The van der Waals surface area contributed by atoms with Gasteiger partial charge in [0, 0.05) is 24.2 Å². The largest absolute Gasteiger partial charge is 0.354 e. The van der Waals surface area contributed by atoms with Crippen molar-refractivity contribution in [3.8, 4) is 0 Å². The zero-order chi connectivity index (χ0) is 14.3. The van der Waals surface area contributed by atoms with Crippen molar-refractivity contribution >= 4 is 24.0 Å². The van der Waals surface area contributed by atoms with Crippen molar-refractivity contribution in [2.45, 2.75) is 26.3 Å². The third kappa shape index (κ3) is 5.99. The van der Waals surface area contributed by atoms with Gasteiger partial charge in [-0.05, 0) is 13.5 Å². The molecule has 0 heterocycles. The standard InChI is InChI=1S/C13H19N3O3.ClH/c1-3-14-10(2)9-15-13(17)8-11-6-4-5-7-12(11)16(18)19;/h4-7,10,14H,3,8-9H2,1-2H3,(H,15,17);1H/t10-;/m1./s1. The SMILES string of the molecule is CCN[C@H](C)CNC(=O)Cc1ccccc1[N+](=O)[O-].Cl. The van der Waals surface area contributed by atoms with E-state index in [0.717, 1.165) is 6.54 Å². The van der Waals surface area contributed by atoms with Crippen LogP contribution < -0.4 is 10.6 Å². The van der Waals surface area contributed by atoms with E-state index in [1.165, 1.54) is 6.07 Å². The molecule has 0 bridgehead atoms. The highest BCUT2D eigenvalue weighted by atomic mass is 35.5. The fourth-order valence-corrected chi connectivity index (χ4v) is 1.76. The molecule has 7 heteroatoms. The second-order valence-electron chi connectivity index (χ2n) is 4.33. The summed E-state index contributed by atoms with van der Waals surface area (Å²) < 4.78 is 0. The average Bonchev–Trinajstić information content (AvgIpc) is 2.37. The van der Waals surface area contributed by atoms with Gasteiger partial charge in [-0.3, -0.25) is 14.9 Å². The first-order valence-electron chi connectivity index (χ1n) is 6.27. The first-order chi connectivity index (χ1) is 9.04. The molecule has 1 aromatic carbocycles. The first kappa shape index (κ1) is 18.3. The number of carbonyl (C=O) groups is 1. The van der Waals surface area contributed by atoms with Gasteiger partial charge in [0.05, 0.1) is 11.3 Å². The van der Waals surface area contributed by atoms with Gasteiger partial charge in [-0.1, -0.05) is 25.1 Å². The second kappa shape index (κ2) is 9.28. The minimum atomic E-state index is -0.468. The van der Waals surface area contributed by atoms with Crippen LogP contribution in [0.3, 0.4) is 0 Å². The number of carbonyl (C=O) groups excluding carboxylic acids is 1. The van der Waals surface area contributed by atoms with Crippen molar-refractivity contribution in [2.24, 2.45) is 0 Å². The topological polar surface area (TPSA) is 84.3 Å². The average molecular weight is 302 g/mol. The maximum Gasteiger partial charge on any atom is 0.273 e. The van der Waals surface area contributed by atoms with Crippen molar-refractivity contribution < 1.29 is 9.72 Å². The molecular weight excluding hydrogens is 282 g/mol. The van der Waals surface area contributed by atoms with Crippen molar-refractivity contribution in [3.63, 3.8) is 0 Å². The molecule has 20 heavy (non-hydrogen) atoms. The molecule has 0 aromatic heterocycles. The Bertz CT molecular complexity index is 454. The fraction of sp³-hybridized carbons (Fsp3) is 0.462. The molecule has 0 unspecified atom stereocenters. The van der Waals surface area contributed by atoms with E-state index in [0.29, 0.717) is 12.1 Å². The highest BCUT2D eigenvalue weighted by molar-refractivity contribution is 5.85. The Balaban J connectivity index is 0.00000361. The van der Waals surface area contributed by atoms with Crippen LogP contribution in [0.5, 0.6) is 0 Å². The lowest BCUT2D eigenvalue weighted by Crippen LogP contribution is -2.39. The van der Waals surface area contributed by atoms with Gasteiger partial charge in [0.25, 0.3) is 5.69 Å². The molecule has 0 saturated heterocycles. The van der Waals surface area contributed by atoms with Gasteiger partial charge in [0.15, 0.2) is 0 Å². The van der Waals surface area contributed by atoms with Crippen LogP contribution in [0.4, 0.5) is 5.69 Å². The summed E-state index contributed by atoms with van der Waals surface area (Å²) in [6, 6.07) is 6.47. The van der Waals surface area contributed by atoms with Crippen molar-refractivity contribution in [1.82, 2.24) is 10.6 Å². The number of hydrogen-bond donors (Lipinski definition) is 2. The normalized spacial score (nSPS) is 11.3. The predicted molar refractivity (Wildman–Crippen MR) is 80.2 cm³/mol. The number of nitrogens with one attached hydrogen (secondary N) is 2. The number of hydrogen-bond acceptors (Lipinski definition) is 4. The summed E-state index contributed by atoms with van der Waals surface area (Å²) in [5.41, 5.74) is 0.415. The van der Waals surface area contributed by atoms with Crippen molar-refractivity contribution in [2.75, 3.05) is 13.1 Å². The van der Waals surface area contributed by atoms with Crippen LogP contribution in [0.2, 0.25) is 0 Å². The molecule has 1 rings (SSSR count). The van der Waals surface area contributed by atoms with Gasteiger partial charge in [-0.2, -0.15) is 0 Å². The second-order valence-corrected chi connectivity index (χ2v) is 4.33. The Hall–Kier alpha value is -1.66. The van der Waals surface area contributed by atoms with E-state index in [4.69, 9.17) is 0 Å². The number of nitrogens with zero attached hydrogens (tertiary/aromatic N) is 1. The molecule has 6 nitrogen and oxygen atoms in total. The molecule has 1 atom stereocenters. The summed E-state index contributed by atoms with van der Waals surface area (Å²) in [5, 5.41) is 16.7. The summed E-state index contributed by atoms with van der Waals surface area (Å²) >= 11 is 0. The monoisotopic (exact) mass is 301 g/mol. The zero-order valence-corrected chi connectivity index (χ0v) is 12.4. The molecule has 0 radical (unpaired) electrons. The number of halogens is 1. The smallest absolute Gasteiger partial charge is 0.273 e. The highest BCUT2D eigenvalue weighted by Gasteiger charge is 2.15. The molecule has 2 N–H and O–H groups in total. The molecule has 0 spiro atoms. The third-order valence-corrected chi connectivity index (χ3v) is 2.70. The van der Waals surface area contributed by atoms with Gasteiger partial charge >= 0.3 is 0 Å². The summed E-state index contributed by atoms with van der Waals surface area (Å²) in [4.78, 5) is 22.1. The van der Waals surface area contributed by atoms with Gasteiger partial charge in [-0.25, -0.2) is 0 Å².